The van der Waals surface area contributed by atoms with E-state index in [4.69, 9.17) is 19.4 Å². The minimum Gasteiger partial charge on any atom is -0.436 e. The number of nitrogens with zero attached hydrogens (tertiary/aromatic N) is 4. The normalized spacial score (nSPS) is 14.8. The standard InChI is InChI=1S/C43H30N4O/c1-47-37(27-36(28-13-5-2-6-14-28)45-42(47)31-15-7-3-8-16-31)29-21-23-30(24-22-29)40-34-25-26-38-41(39(34)33-19-11-12-20-35(33)44-40)46-43(48-38)32-17-9-4-10-18-32/h2-27,42H,1H3. The molecule has 0 saturated heterocycles. The number of hydrogen-bond donors (Lipinski definition) is 0. The SMILES string of the molecule is CN1C(c2ccc(-c3nc4ccccc4c4c3ccc3oc(-c5ccccc5)nc34)cc2)=CC(c2ccccc2)=NC1c1ccccc1. The maximum absolute atomic E-state index is 6.28. The molecule has 0 N–H and O–H groups in total. The van der Waals surface area contributed by atoms with Gasteiger partial charge in [-0.05, 0) is 53.1 Å². The van der Waals surface area contributed by atoms with Gasteiger partial charge in [0.15, 0.2) is 5.58 Å². The van der Waals surface area contributed by atoms with Gasteiger partial charge in [0, 0.05) is 40.0 Å². The number of para-hydroxylation sites is 1. The van der Waals surface area contributed by atoms with Gasteiger partial charge >= 0.3 is 0 Å². The second kappa shape index (κ2) is 11.5. The van der Waals surface area contributed by atoms with Gasteiger partial charge in [-0.2, -0.15) is 0 Å². The van der Waals surface area contributed by atoms with Crippen molar-refractivity contribution >= 4 is 44.2 Å². The zero-order chi connectivity index (χ0) is 32.0. The molecule has 6 aromatic carbocycles. The van der Waals surface area contributed by atoms with E-state index in [1.807, 2.05) is 54.6 Å². The highest BCUT2D eigenvalue weighted by molar-refractivity contribution is 6.20. The molecule has 0 aliphatic carbocycles. The lowest BCUT2D eigenvalue weighted by Crippen LogP contribution is -2.27. The summed E-state index contributed by atoms with van der Waals surface area (Å²) in [5.41, 5.74) is 10.9. The van der Waals surface area contributed by atoms with Crippen LogP contribution >= 0.6 is 0 Å². The molecule has 8 aromatic rings. The summed E-state index contributed by atoms with van der Waals surface area (Å²) in [6.07, 6.45) is 2.05. The summed E-state index contributed by atoms with van der Waals surface area (Å²) in [5, 5.41) is 3.14. The molecule has 48 heavy (non-hydrogen) atoms. The summed E-state index contributed by atoms with van der Waals surface area (Å²) in [6.45, 7) is 0. The molecule has 3 heterocycles. The molecule has 0 bridgehead atoms. The number of aliphatic imine (C=N–C) groups is 1. The molecule has 9 rings (SSSR count). The fraction of sp³-hybridized carbons (Fsp3) is 0.0465. The van der Waals surface area contributed by atoms with Crippen LogP contribution in [0.1, 0.15) is 22.9 Å². The average Bonchev–Trinajstić information content (AvgIpc) is 3.61. The Bertz CT molecular complexity index is 2500. The Labute approximate surface area is 278 Å². The van der Waals surface area contributed by atoms with Gasteiger partial charge in [0.1, 0.15) is 11.7 Å². The van der Waals surface area contributed by atoms with Crippen LogP contribution in [0.4, 0.5) is 0 Å². The van der Waals surface area contributed by atoms with E-state index < -0.39 is 0 Å². The van der Waals surface area contributed by atoms with Crippen LogP contribution in [0.2, 0.25) is 0 Å². The van der Waals surface area contributed by atoms with Crippen molar-refractivity contribution in [3.63, 3.8) is 0 Å². The quantitative estimate of drug-likeness (QED) is 0.180. The number of oxazole rings is 1. The van der Waals surface area contributed by atoms with Gasteiger partial charge < -0.3 is 9.32 Å². The van der Waals surface area contributed by atoms with E-state index in [0.717, 1.165) is 77.7 Å². The predicted molar refractivity (Wildman–Crippen MR) is 196 cm³/mol. The van der Waals surface area contributed by atoms with Gasteiger partial charge in [-0.3, -0.25) is 4.99 Å². The summed E-state index contributed by atoms with van der Waals surface area (Å²) in [4.78, 5) is 17.7. The van der Waals surface area contributed by atoms with Gasteiger partial charge in [-0.25, -0.2) is 9.97 Å². The smallest absolute Gasteiger partial charge is 0.227 e. The predicted octanol–water partition coefficient (Wildman–Crippen LogP) is 10.3. The Hall–Kier alpha value is -6.33. The molecule has 0 radical (unpaired) electrons. The van der Waals surface area contributed by atoms with Crippen molar-refractivity contribution in [2.75, 3.05) is 7.05 Å². The molecule has 0 fully saturated rings. The number of benzene rings is 6. The van der Waals surface area contributed by atoms with E-state index in [1.165, 1.54) is 0 Å². The Morgan fingerprint density at radius 1 is 0.562 bits per heavy atom. The summed E-state index contributed by atoms with van der Waals surface area (Å²) in [7, 11) is 2.12. The maximum atomic E-state index is 6.28. The molecule has 228 valence electrons. The first-order valence-electron chi connectivity index (χ1n) is 16.1. The van der Waals surface area contributed by atoms with Crippen LogP contribution in [0.3, 0.4) is 0 Å². The summed E-state index contributed by atoms with van der Waals surface area (Å²) >= 11 is 0. The molecule has 5 nitrogen and oxygen atoms in total. The van der Waals surface area contributed by atoms with E-state index in [0.29, 0.717) is 5.89 Å². The molecule has 1 aliphatic heterocycles. The minimum atomic E-state index is -0.141. The number of fused-ring (bicyclic) bond motifs is 5. The van der Waals surface area contributed by atoms with Crippen molar-refractivity contribution in [3.05, 3.63) is 174 Å². The zero-order valence-electron chi connectivity index (χ0n) is 26.3. The maximum Gasteiger partial charge on any atom is 0.227 e. The number of rotatable bonds is 5. The van der Waals surface area contributed by atoms with Gasteiger partial charge in [0.25, 0.3) is 0 Å². The fourth-order valence-corrected chi connectivity index (χ4v) is 6.75. The highest BCUT2D eigenvalue weighted by atomic mass is 16.3. The molecular formula is C43H30N4O. The molecule has 1 unspecified atom stereocenters. The highest BCUT2D eigenvalue weighted by Crippen LogP contribution is 2.39. The Kier molecular flexibility index (Phi) is 6.68. The van der Waals surface area contributed by atoms with Gasteiger partial charge in [-0.15, -0.1) is 0 Å². The highest BCUT2D eigenvalue weighted by Gasteiger charge is 2.25. The van der Waals surface area contributed by atoms with Crippen molar-refractivity contribution < 1.29 is 4.42 Å². The van der Waals surface area contributed by atoms with Crippen LogP contribution < -0.4 is 0 Å². The van der Waals surface area contributed by atoms with Gasteiger partial charge in [0.2, 0.25) is 5.89 Å². The van der Waals surface area contributed by atoms with Crippen LogP contribution in [-0.2, 0) is 0 Å². The van der Waals surface area contributed by atoms with Crippen molar-refractivity contribution in [3.8, 4) is 22.7 Å². The summed E-state index contributed by atoms with van der Waals surface area (Å²) in [6, 6.07) is 52.1. The minimum absolute atomic E-state index is 0.141. The van der Waals surface area contributed by atoms with Crippen molar-refractivity contribution in [2.45, 2.75) is 6.17 Å². The first kappa shape index (κ1) is 27.9. The monoisotopic (exact) mass is 618 g/mol. The first-order valence-corrected chi connectivity index (χ1v) is 16.1. The van der Waals surface area contributed by atoms with Crippen LogP contribution in [0.5, 0.6) is 0 Å². The lowest BCUT2D eigenvalue weighted by molar-refractivity contribution is 0.364. The third kappa shape index (κ3) is 4.76. The topological polar surface area (TPSA) is 54.5 Å². The third-order valence-corrected chi connectivity index (χ3v) is 9.15. The molecule has 1 atom stereocenters. The van der Waals surface area contributed by atoms with Crippen LogP contribution in [0.25, 0.3) is 61.2 Å². The third-order valence-electron chi connectivity index (χ3n) is 9.15. The number of pyridine rings is 1. The number of allylic oxidation sites excluding steroid dienone is 1. The van der Waals surface area contributed by atoms with Gasteiger partial charge in [0.05, 0.1) is 16.9 Å². The summed E-state index contributed by atoms with van der Waals surface area (Å²) in [5.74, 6) is 0.613. The molecule has 0 spiro atoms. The lowest BCUT2D eigenvalue weighted by atomic mass is 9.97. The number of aromatic nitrogens is 2. The Morgan fingerprint density at radius 3 is 1.96 bits per heavy atom. The second-order valence-corrected chi connectivity index (χ2v) is 12.1. The molecule has 1 aliphatic rings. The van der Waals surface area contributed by atoms with Crippen LogP contribution in [0.15, 0.2) is 167 Å². The largest absolute Gasteiger partial charge is 0.436 e. The van der Waals surface area contributed by atoms with Crippen molar-refractivity contribution in [1.29, 1.82) is 0 Å². The van der Waals surface area contributed by atoms with E-state index >= 15 is 0 Å². The van der Waals surface area contributed by atoms with Crippen molar-refractivity contribution in [1.82, 2.24) is 14.9 Å². The van der Waals surface area contributed by atoms with Crippen molar-refractivity contribution in [2.24, 2.45) is 4.99 Å². The average molecular weight is 619 g/mol. The molecular weight excluding hydrogens is 589 g/mol. The number of hydrogen-bond acceptors (Lipinski definition) is 5. The van der Waals surface area contributed by atoms with E-state index in [1.54, 1.807) is 0 Å². The Morgan fingerprint density at radius 2 is 1.21 bits per heavy atom. The van der Waals surface area contributed by atoms with E-state index in [9.17, 15) is 0 Å². The molecule has 2 aromatic heterocycles. The second-order valence-electron chi connectivity index (χ2n) is 12.1. The lowest BCUT2D eigenvalue weighted by Gasteiger charge is -2.34. The van der Waals surface area contributed by atoms with Gasteiger partial charge in [-0.1, -0.05) is 121 Å². The zero-order valence-corrected chi connectivity index (χ0v) is 26.3. The van der Waals surface area contributed by atoms with E-state index in [-0.39, 0.29) is 6.17 Å². The molecule has 0 amide bonds. The summed E-state index contributed by atoms with van der Waals surface area (Å²) < 4.78 is 6.28. The van der Waals surface area contributed by atoms with Crippen LogP contribution in [0, 0.1) is 0 Å². The molecule has 5 heteroatoms. The Balaban J connectivity index is 1.17. The van der Waals surface area contributed by atoms with E-state index in [2.05, 4.69) is 115 Å². The first-order chi connectivity index (χ1) is 23.7. The van der Waals surface area contributed by atoms with Crippen LogP contribution in [-0.4, -0.2) is 27.6 Å². The molecule has 0 saturated carbocycles. The fourth-order valence-electron chi connectivity index (χ4n) is 6.75.